The molecule has 1 rings (SSSR count). The van der Waals surface area contributed by atoms with E-state index in [1.807, 2.05) is 0 Å². The molecule has 0 amide bonds. The second kappa shape index (κ2) is 8.84. The second-order valence-electron chi connectivity index (χ2n) is 6.81. The summed E-state index contributed by atoms with van der Waals surface area (Å²) in [6.45, 7) is 12.9. The van der Waals surface area contributed by atoms with Crippen molar-refractivity contribution in [3.8, 4) is 0 Å². The highest BCUT2D eigenvalue weighted by Crippen LogP contribution is 2.37. The van der Waals surface area contributed by atoms with Gasteiger partial charge in [0.1, 0.15) is 0 Å². The number of hydrogen-bond donors (Lipinski definition) is 1. The summed E-state index contributed by atoms with van der Waals surface area (Å²) in [5.74, 6) is 2.69. The van der Waals surface area contributed by atoms with Crippen molar-refractivity contribution in [2.75, 3.05) is 18.1 Å². The first kappa shape index (κ1) is 17.7. The average molecular weight is 304 g/mol. The molecule has 114 valence electrons. The number of thioether (sulfide) groups is 2. The van der Waals surface area contributed by atoms with E-state index in [2.05, 4.69) is 63.5 Å². The fraction of sp³-hybridized carbons (Fsp3) is 1.00. The Balaban J connectivity index is 2.59. The van der Waals surface area contributed by atoms with Crippen LogP contribution in [-0.4, -0.2) is 34.6 Å². The van der Waals surface area contributed by atoms with Crippen molar-refractivity contribution in [2.24, 2.45) is 5.41 Å². The van der Waals surface area contributed by atoms with Gasteiger partial charge in [-0.05, 0) is 37.6 Å². The van der Waals surface area contributed by atoms with Gasteiger partial charge in [0.2, 0.25) is 0 Å². The van der Waals surface area contributed by atoms with Crippen LogP contribution in [-0.2, 0) is 0 Å². The van der Waals surface area contributed by atoms with E-state index in [1.54, 1.807) is 0 Å². The fourth-order valence-corrected chi connectivity index (χ4v) is 5.91. The summed E-state index contributed by atoms with van der Waals surface area (Å²) < 4.78 is 0. The number of nitrogens with one attached hydrogen (secondary N) is 1. The normalized spacial score (nSPS) is 26.4. The summed E-state index contributed by atoms with van der Waals surface area (Å²) in [6, 6.07) is 0.710. The van der Waals surface area contributed by atoms with Crippen molar-refractivity contribution in [1.82, 2.24) is 5.32 Å². The first-order valence-electron chi connectivity index (χ1n) is 7.94. The zero-order valence-electron chi connectivity index (χ0n) is 13.5. The predicted molar refractivity (Wildman–Crippen MR) is 93.6 cm³/mol. The Morgan fingerprint density at radius 1 is 1.16 bits per heavy atom. The van der Waals surface area contributed by atoms with Gasteiger partial charge in [-0.2, -0.15) is 23.5 Å². The molecule has 1 saturated heterocycles. The Hall–Kier alpha value is 0.660. The first-order chi connectivity index (χ1) is 8.98. The van der Waals surface area contributed by atoms with Crippen LogP contribution in [0.3, 0.4) is 0 Å². The maximum Gasteiger partial charge on any atom is 0.0320 e. The number of hydrogen-bond acceptors (Lipinski definition) is 3. The minimum Gasteiger partial charge on any atom is -0.313 e. The predicted octanol–water partition coefficient (Wildman–Crippen LogP) is 4.81. The SMILES string of the molecule is CCCNC(CCC(C)(C)C)C1SCCSC1CC. The Bertz CT molecular complexity index is 237. The van der Waals surface area contributed by atoms with Gasteiger partial charge < -0.3 is 5.32 Å². The molecule has 1 N–H and O–H groups in total. The van der Waals surface area contributed by atoms with Crippen molar-refractivity contribution in [3.63, 3.8) is 0 Å². The zero-order chi connectivity index (χ0) is 14.3. The minimum atomic E-state index is 0.459. The smallest absolute Gasteiger partial charge is 0.0320 e. The van der Waals surface area contributed by atoms with Crippen molar-refractivity contribution >= 4 is 23.5 Å². The molecule has 1 heterocycles. The van der Waals surface area contributed by atoms with Crippen LogP contribution in [0.15, 0.2) is 0 Å². The second-order valence-corrected chi connectivity index (χ2v) is 9.45. The van der Waals surface area contributed by atoms with Crippen LogP contribution >= 0.6 is 23.5 Å². The van der Waals surface area contributed by atoms with E-state index >= 15 is 0 Å². The highest BCUT2D eigenvalue weighted by molar-refractivity contribution is 8.07. The van der Waals surface area contributed by atoms with Gasteiger partial charge in [-0.15, -0.1) is 0 Å². The van der Waals surface area contributed by atoms with E-state index in [1.165, 1.54) is 43.7 Å². The topological polar surface area (TPSA) is 12.0 Å². The maximum absolute atomic E-state index is 3.84. The molecule has 1 aliphatic heterocycles. The summed E-state index contributed by atoms with van der Waals surface area (Å²) in [5, 5.41) is 5.51. The van der Waals surface area contributed by atoms with E-state index < -0.39 is 0 Å². The molecule has 0 saturated carbocycles. The van der Waals surface area contributed by atoms with Gasteiger partial charge >= 0.3 is 0 Å². The summed E-state index contributed by atoms with van der Waals surface area (Å²) in [6.07, 6.45) is 5.22. The van der Waals surface area contributed by atoms with E-state index in [4.69, 9.17) is 0 Å². The lowest BCUT2D eigenvalue weighted by molar-refractivity contribution is 0.324. The van der Waals surface area contributed by atoms with Gasteiger partial charge in [-0.3, -0.25) is 0 Å². The standard InChI is InChI=1S/C16H33NS2/c1-6-10-17-13(8-9-16(3,4)5)15-14(7-2)18-11-12-19-15/h13-15,17H,6-12H2,1-5H3. The van der Waals surface area contributed by atoms with Crippen molar-refractivity contribution in [2.45, 2.75) is 76.8 Å². The van der Waals surface area contributed by atoms with Gasteiger partial charge in [-0.25, -0.2) is 0 Å². The molecule has 0 aromatic rings. The molecule has 0 aromatic heterocycles. The summed E-state index contributed by atoms with van der Waals surface area (Å²) >= 11 is 4.43. The quantitative estimate of drug-likeness (QED) is 0.725. The van der Waals surface area contributed by atoms with Crippen LogP contribution in [0.5, 0.6) is 0 Å². The van der Waals surface area contributed by atoms with Crippen LogP contribution < -0.4 is 5.32 Å². The lowest BCUT2D eigenvalue weighted by atomic mass is 9.87. The lowest BCUT2D eigenvalue weighted by Crippen LogP contribution is -2.45. The van der Waals surface area contributed by atoms with Gasteiger partial charge in [0, 0.05) is 28.0 Å². The summed E-state index contributed by atoms with van der Waals surface area (Å²) in [4.78, 5) is 0. The van der Waals surface area contributed by atoms with Crippen molar-refractivity contribution < 1.29 is 0 Å². The highest BCUT2D eigenvalue weighted by atomic mass is 32.2. The molecule has 3 atom stereocenters. The number of rotatable bonds is 7. The average Bonchev–Trinajstić information content (AvgIpc) is 2.38. The Morgan fingerprint density at radius 2 is 1.84 bits per heavy atom. The van der Waals surface area contributed by atoms with E-state index in [0.717, 1.165) is 10.5 Å². The van der Waals surface area contributed by atoms with Gasteiger partial charge in [-0.1, -0.05) is 34.6 Å². The van der Waals surface area contributed by atoms with E-state index in [0.29, 0.717) is 11.5 Å². The van der Waals surface area contributed by atoms with Crippen molar-refractivity contribution in [1.29, 1.82) is 0 Å². The van der Waals surface area contributed by atoms with E-state index in [9.17, 15) is 0 Å². The Labute approximate surface area is 129 Å². The Morgan fingerprint density at radius 3 is 2.42 bits per heavy atom. The maximum atomic E-state index is 3.84. The third-order valence-corrected chi connectivity index (χ3v) is 7.16. The molecule has 0 aliphatic carbocycles. The van der Waals surface area contributed by atoms with Crippen LogP contribution in [0.25, 0.3) is 0 Å². The summed E-state index contributed by atoms with van der Waals surface area (Å²) in [7, 11) is 0. The highest BCUT2D eigenvalue weighted by Gasteiger charge is 2.32. The molecular formula is C16H33NS2. The van der Waals surface area contributed by atoms with Gasteiger partial charge in [0.05, 0.1) is 0 Å². The van der Waals surface area contributed by atoms with Gasteiger partial charge in [0.25, 0.3) is 0 Å². The first-order valence-corrected chi connectivity index (χ1v) is 10.0. The molecule has 0 spiro atoms. The molecule has 1 nitrogen and oxygen atoms in total. The molecule has 0 radical (unpaired) electrons. The zero-order valence-corrected chi connectivity index (χ0v) is 15.1. The molecule has 3 heteroatoms. The monoisotopic (exact) mass is 303 g/mol. The fourth-order valence-electron chi connectivity index (χ4n) is 2.61. The van der Waals surface area contributed by atoms with Crippen LogP contribution in [0, 0.1) is 5.41 Å². The molecule has 0 aromatic carbocycles. The van der Waals surface area contributed by atoms with Crippen LogP contribution in [0.2, 0.25) is 0 Å². The largest absolute Gasteiger partial charge is 0.313 e. The van der Waals surface area contributed by atoms with E-state index in [-0.39, 0.29) is 0 Å². The molecule has 3 unspecified atom stereocenters. The third kappa shape index (κ3) is 6.77. The van der Waals surface area contributed by atoms with Crippen molar-refractivity contribution in [3.05, 3.63) is 0 Å². The lowest BCUT2D eigenvalue weighted by Gasteiger charge is -2.37. The van der Waals surface area contributed by atoms with Crippen LogP contribution in [0.4, 0.5) is 0 Å². The molecule has 1 fully saturated rings. The molecular weight excluding hydrogens is 270 g/mol. The van der Waals surface area contributed by atoms with Crippen LogP contribution in [0.1, 0.15) is 60.3 Å². The molecule has 0 bridgehead atoms. The third-order valence-electron chi connectivity index (χ3n) is 3.75. The molecule has 1 aliphatic rings. The van der Waals surface area contributed by atoms with Gasteiger partial charge in [0.15, 0.2) is 0 Å². The minimum absolute atomic E-state index is 0.459. The molecule has 19 heavy (non-hydrogen) atoms. The summed E-state index contributed by atoms with van der Waals surface area (Å²) in [5.41, 5.74) is 0.459. The Kier molecular flexibility index (Phi) is 8.24.